The van der Waals surface area contributed by atoms with Gasteiger partial charge in [-0.1, -0.05) is 13.3 Å². The van der Waals surface area contributed by atoms with Crippen molar-refractivity contribution >= 4 is 5.97 Å². The number of hydrogen-bond acceptors (Lipinski definition) is 2. The third-order valence-electron chi connectivity index (χ3n) is 1.98. The van der Waals surface area contributed by atoms with Crippen molar-refractivity contribution in [2.75, 3.05) is 0 Å². The number of halogens is 3. The van der Waals surface area contributed by atoms with E-state index in [-0.39, 0.29) is 6.42 Å². The van der Waals surface area contributed by atoms with Gasteiger partial charge in [-0.15, -0.1) is 0 Å². The summed E-state index contributed by atoms with van der Waals surface area (Å²) < 4.78 is 41.9. The average molecular weight is 212 g/mol. The molecule has 84 valence electrons. The largest absolute Gasteiger partial charge is 0.450 e. The number of carbonyl (C=O) groups is 1. The molecule has 0 aromatic carbocycles. The van der Waals surface area contributed by atoms with Gasteiger partial charge in [0.15, 0.2) is 0 Å². The van der Waals surface area contributed by atoms with Gasteiger partial charge in [-0.2, -0.15) is 13.2 Å². The molecule has 2 nitrogen and oxygen atoms in total. The number of unbranched alkanes of at least 4 members (excludes halogenated alkanes) is 1. The van der Waals surface area contributed by atoms with Crippen molar-refractivity contribution in [2.24, 2.45) is 0 Å². The van der Waals surface area contributed by atoms with E-state index in [0.717, 1.165) is 13.8 Å². The summed E-state index contributed by atoms with van der Waals surface area (Å²) in [6.07, 6.45) is -3.68. The van der Waals surface area contributed by atoms with Crippen LogP contribution in [-0.4, -0.2) is 17.7 Å². The van der Waals surface area contributed by atoms with Crippen molar-refractivity contribution < 1.29 is 22.7 Å². The first-order valence-corrected chi connectivity index (χ1v) is 4.49. The van der Waals surface area contributed by atoms with Gasteiger partial charge in [-0.3, -0.25) is 4.79 Å². The first-order chi connectivity index (χ1) is 6.23. The molecule has 0 aromatic heterocycles. The summed E-state index contributed by atoms with van der Waals surface area (Å²) >= 11 is 0. The van der Waals surface area contributed by atoms with E-state index in [9.17, 15) is 18.0 Å². The van der Waals surface area contributed by atoms with Crippen molar-refractivity contribution in [1.29, 1.82) is 0 Å². The highest BCUT2D eigenvalue weighted by atomic mass is 19.4. The molecule has 0 bridgehead atoms. The van der Waals surface area contributed by atoms with E-state index in [1.165, 1.54) is 0 Å². The van der Waals surface area contributed by atoms with Crippen LogP contribution < -0.4 is 0 Å². The smallest absolute Gasteiger partial charge is 0.428 e. The van der Waals surface area contributed by atoms with Crippen LogP contribution in [0.5, 0.6) is 0 Å². The van der Waals surface area contributed by atoms with Crippen molar-refractivity contribution in [1.82, 2.24) is 0 Å². The van der Waals surface area contributed by atoms with Crippen LogP contribution in [0.25, 0.3) is 0 Å². The van der Waals surface area contributed by atoms with Crippen molar-refractivity contribution in [3.8, 4) is 0 Å². The molecular weight excluding hydrogens is 197 g/mol. The summed E-state index contributed by atoms with van der Waals surface area (Å²) in [5, 5.41) is 0. The number of ether oxygens (including phenoxy) is 1. The molecule has 0 fully saturated rings. The van der Waals surface area contributed by atoms with Crippen LogP contribution in [0.1, 0.15) is 40.0 Å². The molecule has 0 saturated carbocycles. The lowest BCUT2D eigenvalue weighted by Crippen LogP contribution is -2.45. The highest BCUT2D eigenvalue weighted by molar-refractivity contribution is 5.66. The lowest BCUT2D eigenvalue weighted by atomic mass is 9.98. The molecule has 14 heavy (non-hydrogen) atoms. The first kappa shape index (κ1) is 13.3. The van der Waals surface area contributed by atoms with Crippen molar-refractivity contribution in [3.63, 3.8) is 0 Å². The Morgan fingerprint density at radius 2 is 1.86 bits per heavy atom. The van der Waals surface area contributed by atoms with Crippen LogP contribution >= 0.6 is 0 Å². The Morgan fingerprint density at radius 3 is 2.14 bits per heavy atom. The Kier molecular flexibility index (Phi) is 4.42. The predicted octanol–water partition coefficient (Wildman–Crippen LogP) is 3.06. The molecule has 5 heteroatoms. The number of carbonyl (C=O) groups excluding carboxylic acids is 1. The van der Waals surface area contributed by atoms with E-state index in [2.05, 4.69) is 4.74 Å². The maximum absolute atomic E-state index is 12.5. The fraction of sp³-hybridized carbons (Fsp3) is 0.889. The zero-order chi connectivity index (χ0) is 11.4. The summed E-state index contributed by atoms with van der Waals surface area (Å²) in [6, 6.07) is 0. The topological polar surface area (TPSA) is 26.3 Å². The van der Waals surface area contributed by atoms with Crippen LogP contribution in [0, 0.1) is 0 Å². The lowest BCUT2D eigenvalue weighted by molar-refractivity contribution is -0.265. The summed E-state index contributed by atoms with van der Waals surface area (Å²) in [5.41, 5.74) is -2.34. The van der Waals surface area contributed by atoms with E-state index in [1.807, 2.05) is 0 Å². The van der Waals surface area contributed by atoms with E-state index in [0.29, 0.717) is 12.8 Å². The molecule has 0 rings (SSSR count). The fourth-order valence-electron chi connectivity index (χ4n) is 1.08. The number of esters is 1. The Balaban J connectivity index is 4.58. The van der Waals surface area contributed by atoms with Crippen molar-refractivity contribution in [2.45, 2.75) is 51.8 Å². The predicted molar refractivity (Wildman–Crippen MR) is 45.8 cm³/mol. The molecule has 0 spiro atoms. The molecule has 0 aliphatic heterocycles. The van der Waals surface area contributed by atoms with Gasteiger partial charge in [0, 0.05) is 6.92 Å². The lowest BCUT2D eigenvalue weighted by Gasteiger charge is -2.31. The van der Waals surface area contributed by atoms with Gasteiger partial charge in [-0.05, 0) is 19.8 Å². The molecule has 1 unspecified atom stereocenters. The second kappa shape index (κ2) is 4.66. The summed E-state index contributed by atoms with van der Waals surface area (Å²) in [5.74, 6) is -0.902. The third kappa shape index (κ3) is 3.55. The minimum Gasteiger partial charge on any atom is -0.450 e. The molecule has 1 atom stereocenters. The van der Waals surface area contributed by atoms with Crippen LogP contribution in [0.3, 0.4) is 0 Å². The Bertz CT molecular complexity index is 201. The minimum absolute atomic E-state index is 0.188. The van der Waals surface area contributed by atoms with Gasteiger partial charge in [-0.25, -0.2) is 0 Å². The van der Waals surface area contributed by atoms with Crippen LogP contribution in [0.15, 0.2) is 0 Å². The maximum atomic E-state index is 12.5. The van der Waals surface area contributed by atoms with Crippen LogP contribution in [0.4, 0.5) is 13.2 Å². The quantitative estimate of drug-likeness (QED) is 0.669. The molecule has 0 saturated heterocycles. The summed E-state index contributed by atoms with van der Waals surface area (Å²) in [4.78, 5) is 10.5. The minimum atomic E-state index is -4.51. The van der Waals surface area contributed by atoms with E-state index < -0.39 is 17.7 Å². The van der Waals surface area contributed by atoms with Gasteiger partial charge in [0.2, 0.25) is 5.60 Å². The van der Waals surface area contributed by atoms with Gasteiger partial charge >= 0.3 is 12.1 Å². The van der Waals surface area contributed by atoms with Gasteiger partial charge < -0.3 is 4.74 Å². The molecule has 0 aliphatic rings. The molecule has 0 N–H and O–H groups in total. The Labute approximate surface area is 81.4 Å². The average Bonchev–Trinajstić information content (AvgIpc) is 1.97. The zero-order valence-corrected chi connectivity index (χ0v) is 8.57. The van der Waals surface area contributed by atoms with E-state index in [1.54, 1.807) is 6.92 Å². The SMILES string of the molecule is CCCCC(C)(OC(C)=O)C(F)(F)F. The highest BCUT2D eigenvalue weighted by Crippen LogP contribution is 2.37. The molecule has 0 heterocycles. The fourth-order valence-corrected chi connectivity index (χ4v) is 1.08. The standard InChI is InChI=1S/C9H15F3O2/c1-4-5-6-8(3,9(10,11)12)14-7(2)13/h4-6H2,1-3H3. The van der Waals surface area contributed by atoms with E-state index >= 15 is 0 Å². The molecule has 0 aliphatic carbocycles. The monoisotopic (exact) mass is 212 g/mol. The van der Waals surface area contributed by atoms with Gasteiger partial charge in [0.05, 0.1) is 0 Å². The first-order valence-electron chi connectivity index (χ1n) is 4.49. The summed E-state index contributed by atoms with van der Waals surface area (Å²) in [6.45, 7) is 3.67. The Morgan fingerprint density at radius 1 is 1.36 bits per heavy atom. The third-order valence-corrected chi connectivity index (χ3v) is 1.98. The molecule has 0 aromatic rings. The number of hydrogen-bond donors (Lipinski definition) is 0. The zero-order valence-electron chi connectivity index (χ0n) is 8.57. The highest BCUT2D eigenvalue weighted by Gasteiger charge is 2.53. The van der Waals surface area contributed by atoms with Gasteiger partial charge in [0.25, 0.3) is 0 Å². The maximum Gasteiger partial charge on any atom is 0.428 e. The molecule has 0 amide bonds. The van der Waals surface area contributed by atoms with Crippen LogP contribution in [-0.2, 0) is 9.53 Å². The normalized spacial score (nSPS) is 16.1. The second-order valence-electron chi connectivity index (χ2n) is 3.43. The summed E-state index contributed by atoms with van der Waals surface area (Å²) in [7, 11) is 0. The molecular formula is C9H15F3O2. The van der Waals surface area contributed by atoms with Crippen molar-refractivity contribution in [3.05, 3.63) is 0 Å². The van der Waals surface area contributed by atoms with Crippen LogP contribution in [0.2, 0.25) is 0 Å². The number of alkyl halides is 3. The molecule has 0 radical (unpaired) electrons. The van der Waals surface area contributed by atoms with Gasteiger partial charge in [0.1, 0.15) is 0 Å². The second-order valence-corrected chi connectivity index (χ2v) is 3.43. The number of rotatable bonds is 4. The van der Waals surface area contributed by atoms with E-state index in [4.69, 9.17) is 0 Å². The Hall–Kier alpha value is -0.740.